The Morgan fingerprint density at radius 3 is 2.43 bits per heavy atom. The van der Waals surface area contributed by atoms with Crippen molar-refractivity contribution in [2.45, 2.75) is 39.0 Å². The topological polar surface area (TPSA) is 33.7 Å². The second-order valence-electron chi connectivity index (χ2n) is 6.94. The number of nitrogens with one attached hydrogen (secondary N) is 1. The summed E-state index contributed by atoms with van der Waals surface area (Å²) in [7, 11) is 5.80. The van der Waals surface area contributed by atoms with Crippen LogP contribution in [0.3, 0.4) is 0 Å². The summed E-state index contributed by atoms with van der Waals surface area (Å²) < 4.78 is 10.3. The molecule has 1 aliphatic rings. The molecule has 0 bridgehead atoms. The van der Waals surface area contributed by atoms with Crippen molar-refractivity contribution < 1.29 is 9.47 Å². The number of ether oxygens (including phenoxy) is 2. The first-order valence-corrected chi connectivity index (χ1v) is 8.49. The number of hydrogen-bond acceptors (Lipinski definition) is 4. The van der Waals surface area contributed by atoms with Crippen molar-refractivity contribution >= 4 is 0 Å². The maximum absolute atomic E-state index is 5.16. The molecule has 1 saturated carbocycles. The molecule has 1 aliphatic carbocycles. The van der Waals surface area contributed by atoms with Gasteiger partial charge in [0.2, 0.25) is 0 Å². The van der Waals surface area contributed by atoms with Crippen molar-refractivity contribution in [3.05, 3.63) is 0 Å². The smallest absolute Gasteiger partial charge is 0.0587 e. The van der Waals surface area contributed by atoms with Crippen LogP contribution >= 0.6 is 0 Å². The molecule has 4 nitrogen and oxygen atoms in total. The van der Waals surface area contributed by atoms with Crippen molar-refractivity contribution in [3.8, 4) is 0 Å². The fourth-order valence-corrected chi connectivity index (χ4v) is 3.42. The largest absolute Gasteiger partial charge is 0.385 e. The number of rotatable bonds is 11. The van der Waals surface area contributed by atoms with E-state index in [9.17, 15) is 0 Å². The zero-order valence-corrected chi connectivity index (χ0v) is 14.6. The van der Waals surface area contributed by atoms with Crippen LogP contribution < -0.4 is 5.32 Å². The fourth-order valence-electron chi connectivity index (χ4n) is 3.42. The predicted molar refractivity (Wildman–Crippen MR) is 88.8 cm³/mol. The van der Waals surface area contributed by atoms with Gasteiger partial charge in [-0.25, -0.2) is 0 Å². The number of methoxy groups -OCH3 is 2. The molecule has 0 heterocycles. The molecular formula is C17H36N2O2. The highest BCUT2D eigenvalue weighted by Crippen LogP contribution is 2.39. The molecule has 0 aliphatic heterocycles. The molecule has 0 aromatic rings. The quantitative estimate of drug-likeness (QED) is 0.594. The van der Waals surface area contributed by atoms with E-state index in [1.54, 1.807) is 14.2 Å². The lowest BCUT2D eigenvalue weighted by Gasteiger charge is -2.42. The summed E-state index contributed by atoms with van der Waals surface area (Å²) in [6.07, 6.45) is 6.57. The van der Waals surface area contributed by atoms with Crippen molar-refractivity contribution in [2.75, 3.05) is 60.7 Å². The Balaban J connectivity index is 2.43. The van der Waals surface area contributed by atoms with Crippen molar-refractivity contribution in [1.82, 2.24) is 10.2 Å². The standard InChI is InChI=1S/C17H36N2O2/c1-16-6-8-17(9-7-16,14-18-10-13-21-4)15-19(2)11-5-12-20-3/h16,18H,5-15H2,1-4H3. The van der Waals surface area contributed by atoms with E-state index in [0.717, 1.165) is 45.2 Å². The first-order chi connectivity index (χ1) is 10.1. The Labute approximate surface area is 131 Å². The van der Waals surface area contributed by atoms with Gasteiger partial charge in [0.1, 0.15) is 0 Å². The highest BCUT2D eigenvalue weighted by molar-refractivity contribution is 4.89. The average Bonchev–Trinajstić information content (AvgIpc) is 2.47. The van der Waals surface area contributed by atoms with Gasteiger partial charge in [-0.2, -0.15) is 0 Å². The molecule has 0 atom stereocenters. The molecule has 4 heteroatoms. The van der Waals surface area contributed by atoms with Crippen molar-refractivity contribution in [3.63, 3.8) is 0 Å². The van der Waals surface area contributed by atoms with Crippen LogP contribution in [0.5, 0.6) is 0 Å². The molecule has 1 rings (SSSR count). The summed E-state index contributed by atoms with van der Waals surface area (Å²) in [6.45, 7) is 8.46. The summed E-state index contributed by atoms with van der Waals surface area (Å²) in [6, 6.07) is 0. The second kappa shape index (κ2) is 10.5. The van der Waals surface area contributed by atoms with E-state index in [1.165, 1.54) is 32.2 Å². The maximum atomic E-state index is 5.16. The number of hydrogen-bond donors (Lipinski definition) is 1. The molecule has 0 spiro atoms. The molecule has 0 aromatic carbocycles. The zero-order chi connectivity index (χ0) is 15.6. The van der Waals surface area contributed by atoms with Crippen LogP contribution in [0, 0.1) is 11.3 Å². The van der Waals surface area contributed by atoms with Crippen LogP contribution in [0.2, 0.25) is 0 Å². The monoisotopic (exact) mass is 300 g/mol. The summed E-state index contributed by atoms with van der Waals surface area (Å²) >= 11 is 0. The molecule has 1 fully saturated rings. The first-order valence-electron chi connectivity index (χ1n) is 8.49. The van der Waals surface area contributed by atoms with E-state index in [0.29, 0.717) is 5.41 Å². The summed E-state index contributed by atoms with van der Waals surface area (Å²) in [5, 5.41) is 3.61. The molecule has 0 aromatic heterocycles. The third-order valence-corrected chi connectivity index (χ3v) is 4.81. The molecule has 21 heavy (non-hydrogen) atoms. The van der Waals surface area contributed by atoms with Crippen molar-refractivity contribution in [2.24, 2.45) is 11.3 Å². The van der Waals surface area contributed by atoms with Gasteiger partial charge in [0.25, 0.3) is 0 Å². The van der Waals surface area contributed by atoms with Gasteiger partial charge >= 0.3 is 0 Å². The predicted octanol–water partition coefficient (Wildman–Crippen LogP) is 2.39. The molecule has 0 saturated heterocycles. The Hall–Kier alpha value is -0.160. The van der Waals surface area contributed by atoms with Gasteiger partial charge in [0, 0.05) is 47.0 Å². The third kappa shape index (κ3) is 7.59. The van der Waals surface area contributed by atoms with Crippen molar-refractivity contribution in [1.29, 1.82) is 0 Å². The van der Waals surface area contributed by atoms with E-state index in [1.807, 2.05) is 0 Å². The van der Waals surface area contributed by atoms with Gasteiger partial charge in [0.05, 0.1) is 6.61 Å². The molecule has 0 unspecified atom stereocenters. The van der Waals surface area contributed by atoms with Crippen LogP contribution in [0.1, 0.15) is 39.0 Å². The van der Waals surface area contributed by atoms with E-state index < -0.39 is 0 Å². The Kier molecular flexibility index (Phi) is 9.49. The molecule has 1 N–H and O–H groups in total. The minimum Gasteiger partial charge on any atom is -0.385 e. The zero-order valence-electron chi connectivity index (χ0n) is 14.6. The third-order valence-electron chi connectivity index (χ3n) is 4.81. The van der Waals surface area contributed by atoms with E-state index >= 15 is 0 Å². The van der Waals surface area contributed by atoms with E-state index in [-0.39, 0.29) is 0 Å². The highest BCUT2D eigenvalue weighted by atomic mass is 16.5. The lowest BCUT2D eigenvalue weighted by atomic mass is 9.70. The van der Waals surface area contributed by atoms with Crippen LogP contribution in [0.15, 0.2) is 0 Å². The van der Waals surface area contributed by atoms with Gasteiger partial charge in [-0.05, 0) is 37.6 Å². The SMILES string of the molecule is COCCCN(C)CC1(CNCCOC)CCC(C)CC1. The minimum atomic E-state index is 0.447. The summed E-state index contributed by atoms with van der Waals surface area (Å²) in [4.78, 5) is 2.49. The van der Waals surface area contributed by atoms with Gasteiger partial charge in [0.15, 0.2) is 0 Å². The fraction of sp³-hybridized carbons (Fsp3) is 1.00. The second-order valence-corrected chi connectivity index (χ2v) is 6.94. The van der Waals surface area contributed by atoms with E-state index in [2.05, 4.69) is 24.2 Å². The Morgan fingerprint density at radius 1 is 1.14 bits per heavy atom. The number of nitrogens with zero attached hydrogens (tertiary/aromatic N) is 1. The first kappa shape index (κ1) is 18.9. The average molecular weight is 300 g/mol. The van der Waals surface area contributed by atoms with Crippen LogP contribution in [-0.2, 0) is 9.47 Å². The lowest BCUT2D eigenvalue weighted by molar-refractivity contribution is 0.0899. The minimum absolute atomic E-state index is 0.447. The summed E-state index contributed by atoms with van der Waals surface area (Å²) in [5.41, 5.74) is 0.447. The van der Waals surface area contributed by atoms with Gasteiger partial charge < -0.3 is 19.7 Å². The normalized spacial score (nSPS) is 26.4. The molecule has 126 valence electrons. The lowest BCUT2D eigenvalue weighted by Crippen LogP contribution is -2.46. The van der Waals surface area contributed by atoms with E-state index in [4.69, 9.17) is 9.47 Å². The summed E-state index contributed by atoms with van der Waals surface area (Å²) in [5.74, 6) is 0.899. The molecule has 0 radical (unpaired) electrons. The maximum Gasteiger partial charge on any atom is 0.0587 e. The van der Waals surface area contributed by atoms with Gasteiger partial charge in [-0.3, -0.25) is 0 Å². The van der Waals surface area contributed by atoms with Crippen LogP contribution in [0.4, 0.5) is 0 Å². The highest BCUT2D eigenvalue weighted by Gasteiger charge is 2.34. The Bertz CT molecular complexity index is 253. The van der Waals surface area contributed by atoms with Crippen LogP contribution in [0.25, 0.3) is 0 Å². The molecule has 0 amide bonds. The van der Waals surface area contributed by atoms with Gasteiger partial charge in [-0.15, -0.1) is 0 Å². The molecular weight excluding hydrogens is 264 g/mol. The Morgan fingerprint density at radius 2 is 1.81 bits per heavy atom. The van der Waals surface area contributed by atoms with Gasteiger partial charge in [-0.1, -0.05) is 19.8 Å². The van der Waals surface area contributed by atoms with Crippen LogP contribution in [-0.4, -0.2) is 65.6 Å².